The van der Waals surface area contributed by atoms with E-state index < -0.39 is 29.7 Å². The molecule has 0 bridgehead atoms. The van der Waals surface area contributed by atoms with Gasteiger partial charge < -0.3 is 10.8 Å². The predicted molar refractivity (Wildman–Crippen MR) is 64.8 cm³/mol. The summed E-state index contributed by atoms with van der Waals surface area (Å²) in [7, 11) is 0. The number of β-lactam (4-membered cyclic amide) rings is 1. The molecule has 7 nitrogen and oxygen atoms in total. The van der Waals surface area contributed by atoms with Crippen LogP contribution in [0.3, 0.4) is 0 Å². The van der Waals surface area contributed by atoms with Crippen molar-refractivity contribution in [1.82, 2.24) is 9.88 Å². The highest BCUT2D eigenvalue weighted by Crippen LogP contribution is 2.30. The Labute approximate surface area is 109 Å². The molecule has 1 aromatic rings. The van der Waals surface area contributed by atoms with Gasteiger partial charge in [-0.3, -0.25) is 14.5 Å². The molecule has 1 aliphatic heterocycles. The minimum Gasteiger partial charge on any atom is -0.480 e. The summed E-state index contributed by atoms with van der Waals surface area (Å²) in [4.78, 5) is 38.7. The Bertz CT molecular complexity index is 558. The van der Waals surface area contributed by atoms with E-state index in [0.717, 1.165) is 10.5 Å². The maximum Gasteiger partial charge on any atom is 0.327 e. The number of carboxylic acid groups (broad SMARTS) is 1. The lowest BCUT2D eigenvalue weighted by Crippen LogP contribution is -2.66. The molecule has 0 radical (unpaired) electrons. The smallest absolute Gasteiger partial charge is 0.327 e. The zero-order chi connectivity index (χ0) is 14.2. The number of hydrogen-bond acceptors (Lipinski definition) is 5. The number of nitrogen functional groups attached to an aromatic ring is 1. The van der Waals surface area contributed by atoms with Gasteiger partial charge >= 0.3 is 5.97 Å². The van der Waals surface area contributed by atoms with Crippen molar-refractivity contribution < 1.29 is 19.5 Å². The molecular formula is C12H13N3O4. The van der Waals surface area contributed by atoms with Gasteiger partial charge in [0.15, 0.2) is 0 Å². The van der Waals surface area contributed by atoms with Crippen LogP contribution in [0.4, 0.5) is 5.82 Å². The lowest BCUT2D eigenvalue weighted by atomic mass is 9.82. The minimum absolute atomic E-state index is 0.228. The zero-order valence-electron chi connectivity index (χ0n) is 10.2. The number of nitrogens with two attached hydrogens (primary N) is 1. The summed E-state index contributed by atoms with van der Waals surface area (Å²) >= 11 is 0. The van der Waals surface area contributed by atoms with Gasteiger partial charge in [-0.05, 0) is 24.1 Å². The van der Waals surface area contributed by atoms with E-state index >= 15 is 0 Å². The van der Waals surface area contributed by atoms with E-state index in [1.807, 2.05) is 0 Å². The molecular weight excluding hydrogens is 250 g/mol. The number of carboxylic acids is 1. The third-order valence-electron chi connectivity index (χ3n) is 3.11. The quantitative estimate of drug-likeness (QED) is 0.721. The van der Waals surface area contributed by atoms with Crippen molar-refractivity contribution >= 4 is 23.6 Å². The number of carbonyl (C=O) groups is 3. The highest BCUT2D eigenvalue weighted by Gasteiger charge is 2.53. The first-order chi connectivity index (χ1) is 8.91. The normalized spacial score (nSPS) is 21.9. The Kier molecular flexibility index (Phi) is 3.20. The molecule has 2 atom stereocenters. The number of imide groups is 1. The number of nitrogens with zero attached hydrogens (tertiary/aromatic N) is 2. The Morgan fingerprint density at radius 2 is 2.21 bits per heavy atom. The molecule has 0 aliphatic carbocycles. The molecule has 100 valence electrons. The molecule has 0 saturated carbocycles. The molecule has 0 unspecified atom stereocenters. The first-order valence-electron chi connectivity index (χ1n) is 5.68. The summed E-state index contributed by atoms with van der Waals surface area (Å²) in [5.41, 5.74) is 6.24. The average Bonchev–Trinajstić information content (AvgIpc) is 2.31. The SMILES string of the molecule is CC(=O)N1C(=O)[C@H](Cc2ccnc(N)c2)[C@H]1C(=O)O. The maximum absolute atomic E-state index is 11.8. The molecule has 2 rings (SSSR count). The van der Waals surface area contributed by atoms with Gasteiger partial charge in [0.1, 0.15) is 11.9 Å². The molecule has 2 amide bonds. The van der Waals surface area contributed by atoms with E-state index in [1.165, 1.54) is 13.1 Å². The first-order valence-corrected chi connectivity index (χ1v) is 5.68. The van der Waals surface area contributed by atoms with E-state index in [1.54, 1.807) is 12.1 Å². The number of hydrogen-bond donors (Lipinski definition) is 2. The van der Waals surface area contributed by atoms with Crippen molar-refractivity contribution in [1.29, 1.82) is 0 Å². The maximum atomic E-state index is 11.8. The van der Waals surface area contributed by atoms with Crippen molar-refractivity contribution in [2.45, 2.75) is 19.4 Å². The van der Waals surface area contributed by atoms with Crippen LogP contribution in [0.5, 0.6) is 0 Å². The molecule has 3 N–H and O–H groups in total. The Morgan fingerprint density at radius 1 is 1.53 bits per heavy atom. The monoisotopic (exact) mass is 263 g/mol. The van der Waals surface area contributed by atoms with Crippen LogP contribution in [0, 0.1) is 5.92 Å². The summed E-state index contributed by atoms with van der Waals surface area (Å²) in [5, 5.41) is 9.09. The number of anilines is 1. The van der Waals surface area contributed by atoms with Gasteiger partial charge in [-0.1, -0.05) is 0 Å². The van der Waals surface area contributed by atoms with Gasteiger partial charge in [0.2, 0.25) is 11.8 Å². The highest BCUT2D eigenvalue weighted by atomic mass is 16.4. The fourth-order valence-electron chi connectivity index (χ4n) is 2.26. The Hall–Kier alpha value is -2.44. The standard InChI is InChI=1S/C12H13N3O4/c1-6(16)15-10(12(18)19)8(11(15)17)4-7-2-3-14-9(13)5-7/h2-3,5,8,10H,4H2,1H3,(H2,13,14)(H,18,19)/t8-,10+/m1/s1. The minimum atomic E-state index is -1.18. The summed E-state index contributed by atoms with van der Waals surface area (Å²) in [6.07, 6.45) is 1.72. The van der Waals surface area contributed by atoms with Crippen molar-refractivity contribution in [2.75, 3.05) is 5.73 Å². The lowest BCUT2D eigenvalue weighted by molar-refractivity contribution is -0.176. The second kappa shape index (κ2) is 4.68. The molecule has 2 heterocycles. The van der Waals surface area contributed by atoms with Crippen LogP contribution >= 0.6 is 0 Å². The molecule has 1 aromatic heterocycles. The van der Waals surface area contributed by atoms with Gasteiger partial charge in [0, 0.05) is 13.1 Å². The fraction of sp³-hybridized carbons (Fsp3) is 0.333. The number of rotatable bonds is 3. The van der Waals surface area contributed by atoms with Crippen molar-refractivity contribution in [2.24, 2.45) is 5.92 Å². The molecule has 0 spiro atoms. The fourth-order valence-corrected chi connectivity index (χ4v) is 2.26. The number of carbonyl (C=O) groups excluding carboxylic acids is 2. The third kappa shape index (κ3) is 2.26. The predicted octanol–water partition coefficient (Wildman–Crippen LogP) is -0.336. The van der Waals surface area contributed by atoms with E-state index in [9.17, 15) is 14.4 Å². The average molecular weight is 263 g/mol. The molecule has 0 aromatic carbocycles. The van der Waals surface area contributed by atoms with Gasteiger partial charge in [-0.15, -0.1) is 0 Å². The number of amides is 2. The van der Waals surface area contributed by atoms with Gasteiger partial charge in [-0.2, -0.15) is 0 Å². The number of aromatic nitrogens is 1. The topological polar surface area (TPSA) is 114 Å². The molecule has 1 saturated heterocycles. The number of aliphatic carboxylic acids is 1. The van der Waals surface area contributed by atoms with Gasteiger partial charge in [0.25, 0.3) is 0 Å². The molecule has 7 heteroatoms. The van der Waals surface area contributed by atoms with E-state index in [0.29, 0.717) is 5.82 Å². The second-order valence-electron chi connectivity index (χ2n) is 4.41. The first kappa shape index (κ1) is 13.0. The van der Waals surface area contributed by atoms with Crippen LogP contribution in [0.1, 0.15) is 12.5 Å². The van der Waals surface area contributed by atoms with Gasteiger partial charge in [-0.25, -0.2) is 9.78 Å². The zero-order valence-corrected chi connectivity index (χ0v) is 10.2. The molecule has 1 fully saturated rings. The number of likely N-dealkylation sites (tertiary alicyclic amines) is 1. The Morgan fingerprint density at radius 3 is 2.74 bits per heavy atom. The third-order valence-corrected chi connectivity index (χ3v) is 3.11. The summed E-state index contributed by atoms with van der Waals surface area (Å²) in [6, 6.07) is 2.15. The Balaban J connectivity index is 2.19. The lowest BCUT2D eigenvalue weighted by Gasteiger charge is -2.42. The van der Waals surface area contributed by atoms with E-state index in [2.05, 4.69) is 4.98 Å². The summed E-state index contributed by atoms with van der Waals surface area (Å²) < 4.78 is 0. The van der Waals surface area contributed by atoms with Gasteiger partial charge in [0.05, 0.1) is 5.92 Å². The molecule has 1 aliphatic rings. The van der Waals surface area contributed by atoms with E-state index in [-0.39, 0.29) is 6.42 Å². The van der Waals surface area contributed by atoms with Crippen LogP contribution in [-0.4, -0.2) is 38.8 Å². The van der Waals surface area contributed by atoms with E-state index in [4.69, 9.17) is 10.8 Å². The largest absolute Gasteiger partial charge is 0.480 e. The van der Waals surface area contributed by atoms with Crippen LogP contribution in [0.2, 0.25) is 0 Å². The summed E-state index contributed by atoms with van der Waals surface area (Å²) in [5.74, 6) is -2.62. The van der Waals surface area contributed by atoms with Crippen molar-refractivity contribution in [3.63, 3.8) is 0 Å². The highest BCUT2D eigenvalue weighted by molar-refractivity contribution is 6.07. The second-order valence-corrected chi connectivity index (χ2v) is 4.41. The van der Waals surface area contributed by atoms with Crippen LogP contribution < -0.4 is 5.73 Å². The van der Waals surface area contributed by atoms with Crippen molar-refractivity contribution in [3.8, 4) is 0 Å². The summed E-state index contributed by atoms with van der Waals surface area (Å²) in [6.45, 7) is 1.18. The number of pyridine rings is 1. The van der Waals surface area contributed by atoms with Crippen LogP contribution in [-0.2, 0) is 20.8 Å². The van der Waals surface area contributed by atoms with Crippen LogP contribution in [0.25, 0.3) is 0 Å². The van der Waals surface area contributed by atoms with Crippen LogP contribution in [0.15, 0.2) is 18.3 Å². The molecule has 19 heavy (non-hydrogen) atoms. The van der Waals surface area contributed by atoms with Crippen molar-refractivity contribution in [3.05, 3.63) is 23.9 Å².